The van der Waals surface area contributed by atoms with E-state index in [9.17, 15) is 14.0 Å². The molecule has 2 heterocycles. The van der Waals surface area contributed by atoms with Gasteiger partial charge in [0.2, 0.25) is 0 Å². The van der Waals surface area contributed by atoms with Crippen molar-refractivity contribution in [2.24, 2.45) is 4.99 Å². The molecule has 0 saturated heterocycles. The zero-order chi connectivity index (χ0) is 24.9. The van der Waals surface area contributed by atoms with Crippen LogP contribution in [-0.2, 0) is 0 Å². The molecule has 176 valence electrons. The van der Waals surface area contributed by atoms with Crippen molar-refractivity contribution in [2.75, 3.05) is 37.9 Å². The summed E-state index contributed by atoms with van der Waals surface area (Å²) in [5.74, 6) is 1.86. The van der Waals surface area contributed by atoms with E-state index in [2.05, 4.69) is 26.5 Å². The van der Waals surface area contributed by atoms with E-state index in [0.717, 1.165) is 6.54 Å². The number of hydrogen-bond donors (Lipinski definition) is 2. The minimum absolute atomic E-state index is 0.111. The van der Waals surface area contributed by atoms with E-state index >= 15 is 0 Å². The number of benzene rings is 2. The third-order valence-corrected chi connectivity index (χ3v) is 5.42. The van der Waals surface area contributed by atoms with Crippen LogP contribution in [0.2, 0.25) is 0 Å². The lowest BCUT2D eigenvalue weighted by Gasteiger charge is -2.15. The van der Waals surface area contributed by atoms with Crippen LogP contribution in [-0.4, -0.2) is 54.8 Å². The van der Waals surface area contributed by atoms with Gasteiger partial charge in [0, 0.05) is 30.9 Å². The number of nitrogens with zero attached hydrogens (tertiary/aromatic N) is 3. The lowest BCUT2D eigenvalue weighted by Crippen LogP contribution is -2.24. The highest BCUT2D eigenvalue weighted by Crippen LogP contribution is 2.25. The Hall–Kier alpha value is -4.71. The van der Waals surface area contributed by atoms with Crippen molar-refractivity contribution in [3.63, 3.8) is 0 Å². The molecule has 1 aliphatic rings. The SMILES string of the molecule is C#Cc1ccc(NC(=O)c2cc(OC)ccc2NC(=O)c2ccc(C3=NCCN3C)cc2F)nc1. The summed E-state index contributed by atoms with van der Waals surface area (Å²) in [6, 6.07) is 12.1. The summed E-state index contributed by atoms with van der Waals surface area (Å²) in [7, 11) is 3.33. The number of ether oxygens (including phenoxy) is 1. The van der Waals surface area contributed by atoms with Gasteiger partial charge in [0.1, 0.15) is 23.2 Å². The Morgan fingerprint density at radius 2 is 1.89 bits per heavy atom. The summed E-state index contributed by atoms with van der Waals surface area (Å²) in [6.07, 6.45) is 6.78. The maximum atomic E-state index is 14.9. The minimum Gasteiger partial charge on any atom is -0.497 e. The Labute approximate surface area is 201 Å². The molecule has 4 rings (SSSR count). The standard InChI is InChI=1S/C26H22FN5O3/c1-4-16-5-10-23(29-15-16)31-26(34)20-14-18(35-3)7-9-22(20)30-25(33)19-8-6-17(13-21(19)27)24-28-11-12-32(24)2/h1,5-10,13-15H,11-12H2,2-3H3,(H,30,33)(H,29,31,34). The Bertz CT molecular complexity index is 1360. The van der Waals surface area contributed by atoms with Crippen LogP contribution in [0.4, 0.5) is 15.9 Å². The first-order valence-corrected chi connectivity index (χ1v) is 10.7. The van der Waals surface area contributed by atoms with Gasteiger partial charge >= 0.3 is 0 Å². The van der Waals surface area contributed by atoms with Crippen molar-refractivity contribution in [3.05, 3.63) is 82.8 Å². The van der Waals surface area contributed by atoms with E-state index in [4.69, 9.17) is 11.2 Å². The molecular weight excluding hydrogens is 449 g/mol. The van der Waals surface area contributed by atoms with Crippen molar-refractivity contribution >= 4 is 29.2 Å². The Morgan fingerprint density at radius 3 is 2.51 bits per heavy atom. The molecule has 9 heteroatoms. The molecule has 0 saturated carbocycles. The van der Waals surface area contributed by atoms with Crippen LogP contribution >= 0.6 is 0 Å². The minimum atomic E-state index is -0.702. The van der Waals surface area contributed by atoms with Gasteiger partial charge in [-0.05, 0) is 42.5 Å². The molecule has 1 aliphatic heterocycles. The van der Waals surface area contributed by atoms with Crippen LogP contribution in [0.5, 0.6) is 5.75 Å². The number of aliphatic imine (C=N–C) groups is 1. The first kappa shape index (κ1) is 23.4. The number of nitrogens with one attached hydrogen (secondary N) is 2. The van der Waals surface area contributed by atoms with Gasteiger partial charge in [-0.15, -0.1) is 6.42 Å². The number of carbonyl (C=O) groups is 2. The fourth-order valence-corrected chi connectivity index (χ4v) is 3.56. The summed E-state index contributed by atoms with van der Waals surface area (Å²) < 4.78 is 20.1. The van der Waals surface area contributed by atoms with Crippen molar-refractivity contribution in [2.45, 2.75) is 0 Å². The van der Waals surface area contributed by atoms with Crippen molar-refractivity contribution in [1.82, 2.24) is 9.88 Å². The molecule has 0 aliphatic carbocycles. The number of halogens is 1. The first-order valence-electron chi connectivity index (χ1n) is 10.7. The first-order chi connectivity index (χ1) is 16.9. The second kappa shape index (κ2) is 10.1. The molecule has 2 N–H and O–H groups in total. The second-order valence-corrected chi connectivity index (χ2v) is 7.72. The second-order valence-electron chi connectivity index (χ2n) is 7.72. The summed E-state index contributed by atoms with van der Waals surface area (Å²) in [6.45, 7) is 1.40. The molecular formula is C26H22FN5O3. The van der Waals surface area contributed by atoms with Gasteiger partial charge in [-0.3, -0.25) is 14.6 Å². The van der Waals surface area contributed by atoms with Gasteiger partial charge in [0.05, 0.1) is 30.5 Å². The number of pyridine rings is 1. The van der Waals surface area contributed by atoms with Crippen molar-refractivity contribution < 1.29 is 18.7 Å². The molecule has 3 aromatic rings. The van der Waals surface area contributed by atoms with Crippen molar-refractivity contribution in [1.29, 1.82) is 0 Å². The Balaban J connectivity index is 1.57. The number of aromatic nitrogens is 1. The van der Waals surface area contributed by atoms with Crippen LogP contribution in [0.15, 0.2) is 59.7 Å². The normalized spacial score (nSPS) is 12.5. The third kappa shape index (κ3) is 5.12. The Kier molecular flexibility index (Phi) is 6.73. The molecule has 2 aromatic carbocycles. The maximum Gasteiger partial charge on any atom is 0.259 e. The van der Waals surface area contributed by atoms with E-state index in [-0.39, 0.29) is 22.6 Å². The van der Waals surface area contributed by atoms with Gasteiger partial charge in [0.25, 0.3) is 11.8 Å². The molecule has 0 spiro atoms. The number of rotatable bonds is 6. The third-order valence-electron chi connectivity index (χ3n) is 5.42. The van der Waals surface area contributed by atoms with Crippen molar-refractivity contribution in [3.8, 4) is 18.1 Å². The molecule has 0 radical (unpaired) electrons. The predicted octanol–water partition coefficient (Wildman–Crippen LogP) is 3.41. The van der Waals surface area contributed by atoms with Gasteiger partial charge in [-0.2, -0.15) is 0 Å². The van der Waals surface area contributed by atoms with Gasteiger partial charge < -0.3 is 20.3 Å². The van der Waals surface area contributed by atoms with Gasteiger partial charge in [-0.1, -0.05) is 12.0 Å². The number of terminal acetylenes is 1. The fourth-order valence-electron chi connectivity index (χ4n) is 3.56. The average Bonchev–Trinajstić information content (AvgIpc) is 3.30. The molecule has 0 unspecified atom stereocenters. The quantitative estimate of drug-likeness (QED) is 0.538. The summed E-state index contributed by atoms with van der Waals surface area (Å²) in [5.41, 5.74) is 1.28. The highest BCUT2D eigenvalue weighted by Gasteiger charge is 2.21. The summed E-state index contributed by atoms with van der Waals surface area (Å²) in [5, 5.41) is 5.27. The van der Waals surface area contributed by atoms with E-state index in [0.29, 0.717) is 29.3 Å². The molecule has 2 amide bonds. The largest absolute Gasteiger partial charge is 0.497 e. The highest BCUT2D eigenvalue weighted by molar-refractivity contribution is 6.13. The molecule has 0 fully saturated rings. The molecule has 8 nitrogen and oxygen atoms in total. The highest BCUT2D eigenvalue weighted by atomic mass is 19.1. The number of amidine groups is 1. The summed E-state index contributed by atoms with van der Waals surface area (Å²) >= 11 is 0. The van der Waals surface area contributed by atoms with Crippen LogP contribution in [0.1, 0.15) is 31.8 Å². The smallest absolute Gasteiger partial charge is 0.259 e. The Morgan fingerprint density at radius 1 is 1.09 bits per heavy atom. The van der Waals surface area contributed by atoms with Crippen LogP contribution < -0.4 is 15.4 Å². The number of hydrogen-bond acceptors (Lipinski definition) is 6. The fraction of sp³-hybridized carbons (Fsp3) is 0.154. The lowest BCUT2D eigenvalue weighted by atomic mass is 10.1. The van der Waals surface area contributed by atoms with Crippen LogP contribution in [0.25, 0.3) is 0 Å². The van der Waals surface area contributed by atoms with E-state index in [1.807, 2.05) is 11.9 Å². The number of likely N-dealkylation sites (N-methyl/N-ethyl adjacent to an activating group) is 1. The predicted molar refractivity (Wildman–Crippen MR) is 132 cm³/mol. The van der Waals surface area contributed by atoms with Gasteiger partial charge in [0.15, 0.2) is 0 Å². The topological polar surface area (TPSA) is 95.9 Å². The molecule has 0 bridgehead atoms. The van der Waals surface area contributed by atoms with E-state index < -0.39 is 17.6 Å². The number of anilines is 2. The van der Waals surface area contributed by atoms with E-state index in [1.54, 1.807) is 24.3 Å². The maximum absolute atomic E-state index is 14.9. The monoisotopic (exact) mass is 471 g/mol. The number of carbonyl (C=O) groups excluding carboxylic acids is 2. The average molecular weight is 471 g/mol. The molecule has 35 heavy (non-hydrogen) atoms. The van der Waals surface area contributed by atoms with Crippen LogP contribution in [0, 0.1) is 18.2 Å². The molecule has 0 atom stereocenters. The van der Waals surface area contributed by atoms with E-state index in [1.165, 1.54) is 37.6 Å². The van der Waals surface area contributed by atoms with Gasteiger partial charge in [-0.25, -0.2) is 9.37 Å². The zero-order valence-electron chi connectivity index (χ0n) is 19.1. The number of methoxy groups -OCH3 is 1. The molecule has 1 aromatic heterocycles. The number of amides is 2. The lowest BCUT2D eigenvalue weighted by molar-refractivity contribution is 0.102. The summed E-state index contributed by atoms with van der Waals surface area (Å²) in [4.78, 5) is 36.3. The van der Waals surface area contributed by atoms with Crippen LogP contribution in [0.3, 0.4) is 0 Å². The zero-order valence-corrected chi connectivity index (χ0v) is 19.1.